The van der Waals surface area contributed by atoms with Crippen molar-refractivity contribution in [1.29, 1.82) is 0 Å². The molecule has 0 saturated heterocycles. The molecule has 1 rings (SSSR count). The lowest BCUT2D eigenvalue weighted by molar-refractivity contribution is 1.65. The van der Waals surface area contributed by atoms with E-state index in [1.807, 2.05) is 30.3 Å². The van der Waals surface area contributed by atoms with E-state index in [0.29, 0.717) is 0 Å². The average Bonchev–Trinajstić information content (AvgIpc) is 1.90. The summed E-state index contributed by atoms with van der Waals surface area (Å²) in [6.45, 7) is 0. The van der Waals surface area contributed by atoms with E-state index in [0.717, 1.165) is 5.56 Å². The summed E-state index contributed by atoms with van der Waals surface area (Å²) in [7, 11) is 0. The van der Waals surface area contributed by atoms with E-state index in [9.17, 15) is 0 Å². The van der Waals surface area contributed by atoms with Crippen LogP contribution in [0.1, 0.15) is 5.56 Å². The van der Waals surface area contributed by atoms with Crippen molar-refractivity contribution in [2.45, 2.75) is 0 Å². The van der Waals surface area contributed by atoms with E-state index in [-0.39, 0.29) is 13.5 Å². The summed E-state index contributed by atoms with van der Waals surface area (Å²) in [4.78, 5) is 0. The molecular formula is C8H8S. The van der Waals surface area contributed by atoms with Crippen LogP contribution < -0.4 is 0 Å². The minimum atomic E-state index is 0. The molecule has 1 aromatic carbocycles. The second-order valence-electron chi connectivity index (χ2n) is 1.51. The molecule has 0 unspecified atom stereocenters. The largest absolute Gasteiger partial charge is 0.197 e. The monoisotopic (exact) mass is 136 g/mol. The molecule has 0 aliphatic heterocycles. The highest BCUT2D eigenvalue weighted by atomic mass is 32.1. The molecule has 0 spiro atoms. The highest BCUT2D eigenvalue weighted by Gasteiger charge is 1.76. The van der Waals surface area contributed by atoms with Crippen LogP contribution in [0.15, 0.2) is 30.3 Å². The molecule has 0 aromatic heterocycles. The maximum Gasteiger partial charge on any atom is 0.0242 e. The van der Waals surface area contributed by atoms with E-state index in [1.54, 1.807) is 0 Å². The van der Waals surface area contributed by atoms with Gasteiger partial charge in [0, 0.05) is 5.56 Å². The first-order valence-corrected chi connectivity index (χ1v) is 2.45. The fourth-order valence-corrected chi connectivity index (χ4v) is 0.534. The predicted octanol–water partition coefficient (Wildman–Crippen LogP) is 1.78. The Labute approximate surface area is 62.4 Å². The van der Waals surface area contributed by atoms with Crippen molar-refractivity contribution >= 4 is 13.5 Å². The first-order valence-electron chi connectivity index (χ1n) is 2.45. The van der Waals surface area contributed by atoms with Gasteiger partial charge in [-0.3, -0.25) is 0 Å². The predicted molar refractivity (Wildman–Crippen MR) is 44.8 cm³/mol. The zero-order chi connectivity index (χ0) is 5.82. The normalized spacial score (nSPS) is 7.00. The van der Waals surface area contributed by atoms with Crippen molar-refractivity contribution in [3.8, 4) is 12.3 Å². The third-order valence-electron chi connectivity index (χ3n) is 0.940. The highest BCUT2D eigenvalue weighted by molar-refractivity contribution is 7.59. The number of hydrogen-bond donors (Lipinski definition) is 0. The first kappa shape index (κ1) is 8.13. The Morgan fingerprint density at radius 2 is 1.67 bits per heavy atom. The second-order valence-corrected chi connectivity index (χ2v) is 1.51. The van der Waals surface area contributed by atoms with Gasteiger partial charge in [-0.05, 0) is 12.1 Å². The summed E-state index contributed by atoms with van der Waals surface area (Å²) in [5, 5.41) is 0. The van der Waals surface area contributed by atoms with Gasteiger partial charge in [-0.15, -0.1) is 6.42 Å². The molecule has 0 atom stereocenters. The van der Waals surface area contributed by atoms with Crippen LogP contribution in [0.4, 0.5) is 0 Å². The quantitative estimate of drug-likeness (QED) is 0.477. The lowest BCUT2D eigenvalue weighted by Gasteiger charge is -1.82. The van der Waals surface area contributed by atoms with Crippen molar-refractivity contribution in [3.63, 3.8) is 0 Å². The molecule has 1 heteroatoms. The molecule has 0 fully saturated rings. The molecule has 0 aliphatic carbocycles. The molecule has 0 aliphatic rings. The van der Waals surface area contributed by atoms with Crippen molar-refractivity contribution in [1.82, 2.24) is 0 Å². The fraction of sp³-hybridized carbons (Fsp3) is 0. The summed E-state index contributed by atoms with van der Waals surface area (Å²) in [6, 6.07) is 9.60. The molecule has 46 valence electrons. The number of terminal acetylenes is 1. The van der Waals surface area contributed by atoms with Gasteiger partial charge in [0.05, 0.1) is 0 Å². The Bertz CT molecular complexity index is 196. The van der Waals surface area contributed by atoms with Crippen molar-refractivity contribution in [2.24, 2.45) is 0 Å². The van der Waals surface area contributed by atoms with Crippen LogP contribution in [-0.2, 0) is 0 Å². The lowest BCUT2D eigenvalue weighted by Crippen LogP contribution is -1.66. The van der Waals surface area contributed by atoms with Gasteiger partial charge in [-0.25, -0.2) is 0 Å². The summed E-state index contributed by atoms with van der Waals surface area (Å²) < 4.78 is 0. The third-order valence-corrected chi connectivity index (χ3v) is 0.940. The number of hydrogen-bond acceptors (Lipinski definition) is 0. The smallest absolute Gasteiger partial charge is 0.0242 e. The minimum Gasteiger partial charge on any atom is -0.197 e. The molecule has 0 N–H and O–H groups in total. The second kappa shape index (κ2) is 4.05. The topological polar surface area (TPSA) is 0 Å². The number of benzene rings is 1. The molecule has 1 aromatic rings. The van der Waals surface area contributed by atoms with E-state index >= 15 is 0 Å². The van der Waals surface area contributed by atoms with Gasteiger partial charge in [0.1, 0.15) is 0 Å². The Morgan fingerprint density at radius 3 is 2.00 bits per heavy atom. The highest BCUT2D eigenvalue weighted by Crippen LogP contribution is 1.92. The van der Waals surface area contributed by atoms with Crippen LogP contribution >= 0.6 is 13.5 Å². The van der Waals surface area contributed by atoms with E-state index in [2.05, 4.69) is 5.92 Å². The molecule has 0 heterocycles. The Balaban J connectivity index is 0.000000640. The van der Waals surface area contributed by atoms with Gasteiger partial charge in [-0.1, -0.05) is 24.1 Å². The van der Waals surface area contributed by atoms with Crippen molar-refractivity contribution in [2.75, 3.05) is 0 Å². The lowest BCUT2D eigenvalue weighted by atomic mass is 10.2. The summed E-state index contributed by atoms with van der Waals surface area (Å²) >= 11 is 0. The molecule has 0 nitrogen and oxygen atoms in total. The molecule has 0 amide bonds. The van der Waals surface area contributed by atoms with Gasteiger partial charge in [0.2, 0.25) is 0 Å². The standard InChI is InChI=1S/C8H6.H2S/c1-2-8-6-4-3-5-7-8;/h1,3-7H;1H2. The van der Waals surface area contributed by atoms with Crippen molar-refractivity contribution < 1.29 is 0 Å². The van der Waals surface area contributed by atoms with E-state index in [1.165, 1.54) is 0 Å². The SMILES string of the molecule is C#Cc1ccccc1.S. The molecule has 0 radical (unpaired) electrons. The van der Waals surface area contributed by atoms with E-state index < -0.39 is 0 Å². The zero-order valence-corrected chi connectivity index (χ0v) is 5.96. The first-order chi connectivity index (χ1) is 3.93. The summed E-state index contributed by atoms with van der Waals surface area (Å²) in [5.74, 6) is 2.53. The zero-order valence-electron chi connectivity index (χ0n) is 4.96. The molecule has 0 bridgehead atoms. The molecular weight excluding hydrogens is 128 g/mol. The Morgan fingerprint density at radius 1 is 1.11 bits per heavy atom. The van der Waals surface area contributed by atoms with Crippen LogP contribution in [-0.4, -0.2) is 0 Å². The minimum absolute atomic E-state index is 0. The van der Waals surface area contributed by atoms with Crippen molar-refractivity contribution in [3.05, 3.63) is 35.9 Å². The molecule has 9 heavy (non-hydrogen) atoms. The fourth-order valence-electron chi connectivity index (χ4n) is 0.534. The third kappa shape index (κ3) is 2.25. The number of rotatable bonds is 0. The average molecular weight is 136 g/mol. The molecule has 0 saturated carbocycles. The van der Waals surface area contributed by atoms with Gasteiger partial charge in [-0.2, -0.15) is 13.5 Å². The van der Waals surface area contributed by atoms with Gasteiger partial charge >= 0.3 is 0 Å². The van der Waals surface area contributed by atoms with Gasteiger partial charge < -0.3 is 0 Å². The van der Waals surface area contributed by atoms with Crippen LogP contribution in [0.3, 0.4) is 0 Å². The van der Waals surface area contributed by atoms with Crippen LogP contribution in [0.5, 0.6) is 0 Å². The van der Waals surface area contributed by atoms with E-state index in [4.69, 9.17) is 6.42 Å². The van der Waals surface area contributed by atoms with Gasteiger partial charge in [0.25, 0.3) is 0 Å². The summed E-state index contributed by atoms with van der Waals surface area (Å²) in [5.41, 5.74) is 0.938. The van der Waals surface area contributed by atoms with Crippen LogP contribution in [0.2, 0.25) is 0 Å². The maximum absolute atomic E-state index is 5.10. The van der Waals surface area contributed by atoms with Gasteiger partial charge in [0.15, 0.2) is 0 Å². The van der Waals surface area contributed by atoms with Crippen LogP contribution in [0, 0.1) is 12.3 Å². The van der Waals surface area contributed by atoms with Crippen LogP contribution in [0.25, 0.3) is 0 Å². The Kier molecular flexibility index (Phi) is 3.66. The Hall–Kier alpha value is -0.870. The maximum atomic E-state index is 5.10. The summed E-state index contributed by atoms with van der Waals surface area (Å²) in [6.07, 6.45) is 5.10.